The molecular weight excluding hydrogens is 601 g/mol. The van der Waals surface area contributed by atoms with Crippen LogP contribution in [0.15, 0.2) is 66.7 Å². The first-order valence-electron chi connectivity index (χ1n) is 14.2. The first-order valence-corrected chi connectivity index (χ1v) is 14.2. The number of pyridine rings is 1. The number of aromatic carboxylic acids is 1. The number of aromatic nitrogens is 3. The number of methoxy groups -OCH3 is 1. The van der Waals surface area contributed by atoms with E-state index in [1.54, 1.807) is 23.8 Å². The maximum absolute atomic E-state index is 15.7. The summed E-state index contributed by atoms with van der Waals surface area (Å²) in [6.07, 6.45) is -0.108. The molecule has 0 radical (unpaired) electrons. The van der Waals surface area contributed by atoms with Crippen molar-refractivity contribution in [2.45, 2.75) is 31.6 Å². The third-order valence-corrected chi connectivity index (χ3v) is 8.20. The molecule has 1 aliphatic rings. The second-order valence-electron chi connectivity index (χ2n) is 11.1. The summed E-state index contributed by atoms with van der Waals surface area (Å²) in [5.74, 6) is -2.71. The molecular formula is C34H27F3N4O5. The second-order valence-corrected chi connectivity index (χ2v) is 11.1. The Labute approximate surface area is 261 Å². The van der Waals surface area contributed by atoms with Crippen molar-refractivity contribution in [3.8, 4) is 23.2 Å². The summed E-state index contributed by atoms with van der Waals surface area (Å²) < 4.78 is 64.4. The zero-order chi connectivity index (χ0) is 32.6. The van der Waals surface area contributed by atoms with Crippen LogP contribution < -0.4 is 4.74 Å². The smallest absolute Gasteiger partial charge is 0.335 e. The number of benzene rings is 3. The Hall–Kier alpha value is -5.25. The van der Waals surface area contributed by atoms with Crippen LogP contribution in [-0.4, -0.2) is 51.5 Å². The van der Waals surface area contributed by atoms with Gasteiger partial charge < -0.3 is 23.9 Å². The van der Waals surface area contributed by atoms with Crippen LogP contribution in [0.1, 0.15) is 45.8 Å². The van der Waals surface area contributed by atoms with Crippen molar-refractivity contribution in [2.24, 2.45) is 0 Å². The van der Waals surface area contributed by atoms with E-state index in [1.807, 2.05) is 13.0 Å². The Morgan fingerprint density at radius 2 is 1.87 bits per heavy atom. The Bertz CT molecular complexity index is 2020. The van der Waals surface area contributed by atoms with Crippen LogP contribution in [0.5, 0.6) is 5.88 Å². The van der Waals surface area contributed by atoms with E-state index < -0.39 is 35.1 Å². The highest BCUT2D eigenvalue weighted by Crippen LogP contribution is 2.37. The standard InChI is InChI=1S/C34H27F3N4O5/c1-34(44-2)18-45-17-30(34)41-29-12-20(33(42)43)8-9-28(29)39-31(41)13-22-11-26(37)23(14-25(22)36)27-4-3-5-32(40-27)46-16-21-7-6-19(15-38)10-24(21)35/h3-12,14,30H,13,16-18H2,1-2H3,(H,42,43)/t30-,34+/m0/s1. The van der Waals surface area contributed by atoms with Gasteiger partial charge in [0.2, 0.25) is 5.88 Å². The molecule has 0 amide bonds. The lowest BCUT2D eigenvalue weighted by atomic mass is 9.99. The van der Waals surface area contributed by atoms with E-state index >= 15 is 8.78 Å². The number of ether oxygens (including phenoxy) is 3. The molecule has 1 fully saturated rings. The Morgan fingerprint density at radius 1 is 1.07 bits per heavy atom. The van der Waals surface area contributed by atoms with Crippen molar-refractivity contribution in [1.82, 2.24) is 14.5 Å². The van der Waals surface area contributed by atoms with Crippen LogP contribution in [0.3, 0.4) is 0 Å². The van der Waals surface area contributed by atoms with Crippen molar-refractivity contribution in [3.05, 3.63) is 112 Å². The van der Waals surface area contributed by atoms with Gasteiger partial charge in [-0.3, -0.25) is 0 Å². The number of nitrogens with zero attached hydrogens (tertiary/aromatic N) is 4. The number of fused-ring (bicyclic) bond motifs is 1. The van der Waals surface area contributed by atoms with Gasteiger partial charge in [0.05, 0.1) is 53.2 Å². The summed E-state index contributed by atoms with van der Waals surface area (Å²) in [5.41, 5.74) is 0.678. The minimum Gasteiger partial charge on any atom is -0.478 e. The van der Waals surface area contributed by atoms with Gasteiger partial charge in [-0.05, 0) is 61.0 Å². The van der Waals surface area contributed by atoms with E-state index in [-0.39, 0.29) is 65.6 Å². The topological polar surface area (TPSA) is 119 Å². The van der Waals surface area contributed by atoms with Crippen LogP contribution in [0.4, 0.5) is 13.2 Å². The number of nitriles is 1. The van der Waals surface area contributed by atoms with Crippen LogP contribution in [0, 0.1) is 28.8 Å². The molecule has 12 heteroatoms. The molecule has 9 nitrogen and oxygen atoms in total. The van der Waals surface area contributed by atoms with E-state index in [2.05, 4.69) is 9.97 Å². The fraction of sp³-hybridized carbons (Fsp3) is 0.235. The quantitative estimate of drug-likeness (QED) is 0.204. The van der Waals surface area contributed by atoms with Crippen LogP contribution in [0.25, 0.3) is 22.3 Å². The summed E-state index contributed by atoms with van der Waals surface area (Å²) >= 11 is 0. The third kappa shape index (κ3) is 5.78. The highest BCUT2D eigenvalue weighted by atomic mass is 19.1. The minimum atomic E-state index is -1.11. The molecule has 0 unspecified atom stereocenters. The van der Waals surface area contributed by atoms with Gasteiger partial charge >= 0.3 is 5.97 Å². The average Bonchev–Trinajstić information content (AvgIpc) is 3.60. The second kappa shape index (κ2) is 12.3. The van der Waals surface area contributed by atoms with Gasteiger partial charge in [0.25, 0.3) is 0 Å². The first-order chi connectivity index (χ1) is 22.1. The number of carbonyl (C=O) groups is 1. The van der Waals surface area contributed by atoms with Gasteiger partial charge in [0.15, 0.2) is 0 Å². The van der Waals surface area contributed by atoms with E-state index in [1.165, 1.54) is 36.4 Å². The summed E-state index contributed by atoms with van der Waals surface area (Å²) in [6.45, 7) is 2.20. The van der Waals surface area contributed by atoms with E-state index in [9.17, 15) is 14.3 Å². The number of hydrogen-bond acceptors (Lipinski definition) is 7. The summed E-state index contributed by atoms with van der Waals surface area (Å²) in [6, 6.07) is 16.6. The van der Waals surface area contributed by atoms with E-state index in [4.69, 9.17) is 19.5 Å². The molecule has 3 aromatic carbocycles. The minimum absolute atomic E-state index is 0.0259. The molecule has 234 valence electrons. The van der Waals surface area contributed by atoms with Crippen molar-refractivity contribution in [1.29, 1.82) is 5.26 Å². The SMILES string of the molecule is CO[C@]1(C)COC[C@@H]1n1c(Cc2cc(F)c(-c3cccc(OCc4ccc(C#N)cc4F)n3)cc2F)nc2ccc(C(=O)O)cc21. The average molecular weight is 629 g/mol. The number of imidazole rings is 1. The highest BCUT2D eigenvalue weighted by molar-refractivity contribution is 5.92. The van der Waals surface area contributed by atoms with Gasteiger partial charge in [-0.2, -0.15) is 5.26 Å². The van der Waals surface area contributed by atoms with Gasteiger partial charge in [0.1, 0.15) is 35.5 Å². The van der Waals surface area contributed by atoms with Crippen molar-refractivity contribution < 1.29 is 37.3 Å². The molecule has 1 N–H and O–H groups in total. The molecule has 0 saturated carbocycles. The molecule has 46 heavy (non-hydrogen) atoms. The molecule has 5 aromatic rings. The molecule has 2 aromatic heterocycles. The number of carboxylic acid groups (broad SMARTS) is 1. The lowest BCUT2D eigenvalue weighted by molar-refractivity contribution is -0.0218. The van der Waals surface area contributed by atoms with Crippen LogP contribution >= 0.6 is 0 Å². The lowest BCUT2D eigenvalue weighted by Crippen LogP contribution is -2.38. The summed E-state index contributed by atoms with van der Waals surface area (Å²) in [4.78, 5) is 20.7. The predicted molar refractivity (Wildman–Crippen MR) is 160 cm³/mol. The van der Waals surface area contributed by atoms with Gasteiger partial charge in [-0.25, -0.2) is 27.9 Å². The third-order valence-electron chi connectivity index (χ3n) is 8.20. The fourth-order valence-corrected chi connectivity index (χ4v) is 5.56. The van der Waals surface area contributed by atoms with Gasteiger partial charge in [-0.1, -0.05) is 12.1 Å². The predicted octanol–water partition coefficient (Wildman–Crippen LogP) is 6.23. The first kappa shape index (κ1) is 30.8. The normalized spacial score (nSPS) is 17.7. The Balaban J connectivity index is 1.31. The van der Waals surface area contributed by atoms with Gasteiger partial charge in [0, 0.05) is 30.7 Å². The highest BCUT2D eigenvalue weighted by Gasteiger charge is 2.43. The van der Waals surface area contributed by atoms with Crippen LogP contribution in [0.2, 0.25) is 0 Å². The number of carboxylic acids is 1. The summed E-state index contributed by atoms with van der Waals surface area (Å²) in [5, 5.41) is 18.5. The molecule has 6 rings (SSSR count). The fourth-order valence-electron chi connectivity index (χ4n) is 5.56. The molecule has 1 saturated heterocycles. The van der Waals surface area contributed by atoms with Gasteiger partial charge in [-0.15, -0.1) is 0 Å². The maximum atomic E-state index is 15.7. The molecule has 0 spiro atoms. The maximum Gasteiger partial charge on any atom is 0.335 e. The molecule has 1 aliphatic heterocycles. The molecule has 3 heterocycles. The lowest BCUT2D eigenvalue weighted by Gasteiger charge is -2.30. The van der Waals surface area contributed by atoms with E-state index in [0.717, 1.165) is 18.2 Å². The molecule has 0 bridgehead atoms. The zero-order valence-corrected chi connectivity index (χ0v) is 24.8. The number of rotatable bonds is 9. The zero-order valence-electron chi connectivity index (χ0n) is 24.8. The Kier molecular flexibility index (Phi) is 8.20. The molecule has 0 aliphatic carbocycles. The van der Waals surface area contributed by atoms with Crippen molar-refractivity contribution in [3.63, 3.8) is 0 Å². The molecule has 2 atom stereocenters. The number of hydrogen-bond donors (Lipinski definition) is 1. The monoisotopic (exact) mass is 628 g/mol. The summed E-state index contributed by atoms with van der Waals surface area (Å²) in [7, 11) is 1.55. The number of halogens is 3. The van der Waals surface area contributed by atoms with E-state index in [0.29, 0.717) is 16.9 Å². The van der Waals surface area contributed by atoms with Crippen molar-refractivity contribution >= 4 is 17.0 Å². The largest absolute Gasteiger partial charge is 0.478 e. The Morgan fingerprint density at radius 3 is 2.61 bits per heavy atom. The van der Waals surface area contributed by atoms with Crippen molar-refractivity contribution in [2.75, 3.05) is 20.3 Å². The van der Waals surface area contributed by atoms with Crippen LogP contribution in [-0.2, 0) is 22.5 Å².